The second kappa shape index (κ2) is 3.70. The van der Waals surface area contributed by atoms with Gasteiger partial charge in [0.05, 0.1) is 5.41 Å². The first-order chi connectivity index (χ1) is 7.20. The minimum absolute atomic E-state index is 0.397. The molecule has 1 aromatic rings. The average Bonchev–Trinajstić information content (AvgIpc) is 2.73. The summed E-state index contributed by atoms with van der Waals surface area (Å²) in [6.45, 7) is 0. The minimum Gasteiger partial charge on any atom is -0.353 e. The van der Waals surface area contributed by atoms with Gasteiger partial charge in [-0.2, -0.15) is 11.3 Å². The lowest BCUT2D eigenvalue weighted by molar-refractivity contribution is -0.271. The summed E-state index contributed by atoms with van der Waals surface area (Å²) in [5.74, 6) is -0.567. The molecule has 82 valence electrons. The third-order valence-corrected chi connectivity index (χ3v) is 3.92. The van der Waals surface area contributed by atoms with Gasteiger partial charge in [0.15, 0.2) is 5.79 Å². The lowest BCUT2D eigenvalue weighted by Gasteiger charge is -2.51. The van der Waals surface area contributed by atoms with Gasteiger partial charge in [0.1, 0.15) is 6.29 Å². The Bertz CT molecular complexity index is 333. The molecule has 0 spiro atoms. The molecular weight excluding hydrogens is 212 g/mol. The number of methoxy groups -OCH3 is 2. The molecule has 0 unspecified atom stereocenters. The number of hydrogen-bond donors (Lipinski definition) is 0. The molecule has 1 fully saturated rings. The molecule has 3 nitrogen and oxygen atoms in total. The number of carbonyl (C=O) groups is 1. The lowest BCUT2D eigenvalue weighted by Crippen LogP contribution is -2.57. The van der Waals surface area contributed by atoms with E-state index >= 15 is 0 Å². The van der Waals surface area contributed by atoms with Crippen molar-refractivity contribution >= 4 is 17.6 Å². The van der Waals surface area contributed by atoms with Crippen LogP contribution in [0.25, 0.3) is 0 Å². The van der Waals surface area contributed by atoms with Crippen molar-refractivity contribution in [3.8, 4) is 0 Å². The Morgan fingerprint density at radius 1 is 1.40 bits per heavy atom. The first-order valence-electron chi connectivity index (χ1n) is 4.80. The summed E-state index contributed by atoms with van der Waals surface area (Å²) in [5.41, 5.74) is 0.679. The first kappa shape index (κ1) is 10.8. The Morgan fingerprint density at radius 2 is 2.07 bits per heavy atom. The first-order valence-corrected chi connectivity index (χ1v) is 5.74. The topological polar surface area (TPSA) is 35.5 Å². The Hall–Kier alpha value is -0.710. The predicted octanol–water partition coefficient (Wildman–Crippen LogP) is 1.97. The lowest BCUT2D eigenvalue weighted by atomic mass is 9.62. The molecular formula is C11H14O3S. The van der Waals surface area contributed by atoms with Crippen LogP contribution in [0.3, 0.4) is 0 Å². The van der Waals surface area contributed by atoms with Crippen molar-refractivity contribution in [3.63, 3.8) is 0 Å². The fourth-order valence-corrected chi connectivity index (χ4v) is 2.95. The summed E-state index contributed by atoms with van der Waals surface area (Å²) >= 11 is 1.61. The molecule has 1 heterocycles. The largest absolute Gasteiger partial charge is 0.353 e. The summed E-state index contributed by atoms with van der Waals surface area (Å²) < 4.78 is 10.6. The van der Waals surface area contributed by atoms with Crippen LogP contribution >= 0.6 is 11.3 Å². The van der Waals surface area contributed by atoms with Crippen molar-refractivity contribution in [2.45, 2.75) is 24.0 Å². The van der Waals surface area contributed by atoms with Gasteiger partial charge in [0.2, 0.25) is 0 Å². The zero-order chi connectivity index (χ0) is 10.9. The van der Waals surface area contributed by atoms with Crippen LogP contribution in [0, 0.1) is 0 Å². The van der Waals surface area contributed by atoms with Gasteiger partial charge >= 0.3 is 0 Å². The molecule has 4 heteroatoms. The fourth-order valence-electron chi connectivity index (χ4n) is 2.18. The Kier molecular flexibility index (Phi) is 2.66. The molecule has 1 aromatic heterocycles. The molecule has 0 aromatic carbocycles. The summed E-state index contributed by atoms with van der Waals surface area (Å²) in [7, 11) is 3.23. The molecule has 0 aliphatic heterocycles. The van der Waals surface area contributed by atoms with E-state index in [1.807, 2.05) is 16.8 Å². The SMILES string of the molecule is COC1(OC)CC(C=O)(c2ccsc2)C1. The number of aldehydes is 1. The van der Waals surface area contributed by atoms with Crippen LogP contribution in [0.4, 0.5) is 0 Å². The van der Waals surface area contributed by atoms with Crippen LogP contribution in [0.1, 0.15) is 18.4 Å². The molecule has 1 aliphatic carbocycles. The highest BCUT2D eigenvalue weighted by molar-refractivity contribution is 7.08. The molecule has 0 atom stereocenters. The molecule has 0 N–H and O–H groups in total. The van der Waals surface area contributed by atoms with E-state index < -0.39 is 11.2 Å². The number of thiophene rings is 1. The van der Waals surface area contributed by atoms with Crippen molar-refractivity contribution in [1.29, 1.82) is 0 Å². The molecule has 0 bridgehead atoms. The molecule has 0 amide bonds. The highest BCUT2D eigenvalue weighted by atomic mass is 32.1. The maximum absolute atomic E-state index is 11.2. The Labute approximate surface area is 93.0 Å². The smallest absolute Gasteiger partial charge is 0.170 e. The van der Waals surface area contributed by atoms with E-state index in [1.165, 1.54) is 0 Å². The monoisotopic (exact) mass is 226 g/mol. The molecule has 15 heavy (non-hydrogen) atoms. The highest BCUT2D eigenvalue weighted by Crippen LogP contribution is 2.51. The van der Waals surface area contributed by atoms with Crippen molar-refractivity contribution in [3.05, 3.63) is 22.4 Å². The molecule has 2 rings (SSSR count). The average molecular weight is 226 g/mol. The van der Waals surface area contributed by atoms with Gasteiger partial charge < -0.3 is 14.3 Å². The Morgan fingerprint density at radius 3 is 2.47 bits per heavy atom. The van der Waals surface area contributed by atoms with E-state index in [9.17, 15) is 4.79 Å². The minimum atomic E-state index is -0.567. The quantitative estimate of drug-likeness (QED) is 0.581. The van der Waals surface area contributed by atoms with Crippen molar-refractivity contribution in [1.82, 2.24) is 0 Å². The van der Waals surface area contributed by atoms with Gasteiger partial charge in [0, 0.05) is 27.1 Å². The van der Waals surface area contributed by atoms with Crippen LogP contribution < -0.4 is 0 Å². The predicted molar refractivity (Wildman–Crippen MR) is 58.0 cm³/mol. The standard InChI is InChI=1S/C11H14O3S/c1-13-11(14-2)6-10(7-11,8-12)9-3-4-15-5-9/h3-5,8H,6-7H2,1-2H3. The number of rotatable bonds is 4. The van der Waals surface area contributed by atoms with Crippen LogP contribution in [-0.2, 0) is 19.7 Å². The van der Waals surface area contributed by atoms with E-state index in [0.717, 1.165) is 11.8 Å². The molecule has 1 aliphatic rings. The van der Waals surface area contributed by atoms with Crippen molar-refractivity contribution in [2.75, 3.05) is 14.2 Å². The van der Waals surface area contributed by atoms with Gasteiger partial charge in [-0.3, -0.25) is 0 Å². The normalized spacial score (nSPS) is 22.0. The van der Waals surface area contributed by atoms with E-state index in [1.54, 1.807) is 25.6 Å². The fraction of sp³-hybridized carbons (Fsp3) is 0.545. The number of hydrogen-bond acceptors (Lipinski definition) is 4. The maximum Gasteiger partial charge on any atom is 0.170 e. The van der Waals surface area contributed by atoms with Gasteiger partial charge in [0.25, 0.3) is 0 Å². The van der Waals surface area contributed by atoms with Crippen LogP contribution in [0.2, 0.25) is 0 Å². The van der Waals surface area contributed by atoms with Crippen molar-refractivity contribution < 1.29 is 14.3 Å². The summed E-state index contributed by atoms with van der Waals surface area (Å²) in [5, 5.41) is 4.00. The zero-order valence-corrected chi connectivity index (χ0v) is 9.67. The van der Waals surface area contributed by atoms with Gasteiger partial charge in [-0.25, -0.2) is 0 Å². The van der Waals surface area contributed by atoms with Crippen LogP contribution in [0.5, 0.6) is 0 Å². The van der Waals surface area contributed by atoms with Gasteiger partial charge in [-0.05, 0) is 22.4 Å². The third-order valence-electron chi connectivity index (χ3n) is 3.24. The second-order valence-corrected chi connectivity index (χ2v) is 4.74. The van der Waals surface area contributed by atoms with Crippen LogP contribution in [-0.4, -0.2) is 26.3 Å². The summed E-state index contributed by atoms with van der Waals surface area (Å²) in [4.78, 5) is 11.2. The maximum atomic E-state index is 11.2. The molecule has 0 saturated heterocycles. The van der Waals surface area contributed by atoms with E-state index in [4.69, 9.17) is 9.47 Å². The second-order valence-electron chi connectivity index (χ2n) is 3.96. The molecule has 1 saturated carbocycles. The van der Waals surface area contributed by atoms with Gasteiger partial charge in [-0.1, -0.05) is 0 Å². The van der Waals surface area contributed by atoms with E-state index in [-0.39, 0.29) is 0 Å². The van der Waals surface area contributed by atoms with Crippen LogP contribution in [0.15, 0.2) is 16.8 Å². The third kappa shape index (κ3) is 1.53. The molecule has 0 radical (unpaired) electrons. The van der Waals surface area contributed by atoms with Gasteiger partial charge in [-0.15, -0.1) is 0 Å². The number of ether oxygens (including phenoxy) is 2. The van der Waals surface area contributed by atoms with E-state index in [2.05, 4.69) is 0 Å². The number of carbonyl (C=O) groups excluding carboxylic acids is 1. The van der Waals surface area contributed by atoms with Crippen molar-refractivity contribution in [2.24, 2.45) is 0 Å². The highest BCUT2D eigenvalue weighted by Gasteiger charge is 2.57. The van der Waals surface area contributed by atoms with E-state index in [0.29, 0.717) is 12.8 Å². The summed E-state index contributed by atoms with van der Waals surface area (Å²) in [6.07, 6.45) is 2.23. The summed E-state index contributed by atoms with van der Waals surface area (Å²) in [6, 6.07) is 1.99. The zero-order valence-electron chi connectivity index (χ0n) is 8.86. The Balaban J connectivity index is 2.20.